The molecule has 25 heavy (non-hydrogen) atoms. The molecule has 1 fully saturated rings. The van der Waals surface area contributed by atoms with Crippen molar-refractivity contribution in [3.8, 4) is 0 Å². The first-order chi connectivity index (χ1) is 12.2. The van der Waals surface area contributed by atoms with Crippen LogP contribution >= 0.6 is 0 Å². The summed E-state index contributed by atoms with van der Waals surface area (Å²) in [5.41, 5.74) is 0.900. The van der Waals surface area contributed by atoms with Gasteiger partial charge in [-0.3, -0.25) is 19.6 Å². The topological polar surface area (TPSA) is 91.8 Å². The molecule has 2 aromatic heterocycles. The summed E-state index contributed by atoms with van der Waals surface area (Å²) in [4.78, 5) is 35.2. The van der Waals surface area contributed by atoms with Gasteiger partial charge in [0.1, 0.15) is 0 Å². The van der Waals surface area contributed by atoms with E-state index in [1.165, 1.54) is 0 Å². The molecule has 7 nitrogen and oxygen atoms in total. The fourth-order valence-electron chi connectivity index (χ4n) is 3.35. The minimum Gasteiger partial charge on any atom is -0.337 e. The first-order valence-corrected chi connectivity index (χ1v) is 8.26. The highest BCUT2D eigenvalue weighted by Crippen LogP contribution is 2.26. The summed E-state index contributed by atoms with van der Waals surface area (Å²) in [7, 11) is 0. The van der Waals surface area contributed by atoms with Gasteiger partial charge in [-0.25, -0.2) is 5.10 Å². The summed E-state index contributed by atoms with van der Waals surface area (Å²) in [5, 5.41) is 7.51. The molecule has 7 heteroatoms. The zero-order valence-electron chi connectivity index (χ0n) is 13.6. The van der Waals surface area contributed by atoms with E-state index < -0.39 is 0 Å². The van der Waals surface area contributed by atoms with Crippen LogP contribution in [0.25, 0.3) is 10.8 Å². The molecule has 3 aromatic rings. The third-order valence-electron chi connectivity index (χ3n) is 4.61. The van der Waals surface area contributed by atoms with Crippen molar-refractivity contribution in [3.05, 3.63) is 64.6 Å². The van der Waals surface area contributed by atoms with Crippen molar-refractivity contribution in [2.45, 2.75) is 18.8 Å². The number of benzene rings is 1. The number of nitrogens with zero attached hydrogens (tertiary/aromatic N) is 4. The van der Waals surface area contributed by atoms with E-state index >= 15 is 0 Å². The minimum atomic E-state index is -0.289. The van der Waals surface area contributed by atoms with E-state index in [0.717, 1.165) is 18.5 Å². The molecule has 1 aliphatic heterocycles. The summed E-state index contributed by atoms with van der Waals surface area (Å²) < 4.78 is 0. The molecule has 3 heterocycles. The number of hydrogen-bond donors (Lipinski definition) is 1. The van der Waals surface area contributed by atoms with Crippen molar-refractivity contribution < 1.29 is 4.79 Å². The number of hydrogen-bond acceptors (Lipinski definition) is 5. The number of aromatic amines is 1. The van der Waals surface area contributed by atoms with Crippen LogP contribution in [0.5, 0.6) is 0 Å². The van der Waals surface area contributed by atoms with E-state index in [4.69, 9.17) is 0 Å². The van der Waals surface area contributed by atoms with Crippen molar-refractivity contribution in [1.29, 1.82) is 0 Å². The van der Waals surface area contributed by atoms with E-state index in [0.29, 0.717) is 23.9 Å². The summed E-state index contributed by atoms with van der Waals surface area (Å²) >= 11 is 0. The van der Waals surface area contributed by atoms with Crippen LogP contribution in [-0.4, -0.2) is 44.1 Å². The summed E-state index contributed by atoms with van der Waals surface area (Å²) in [6.07, 6.45) is 6.95. The van der Waals surface area contributed by atoms with Crippen molar-refractivity contribution in [2.75, 3.05) is 13.1 Å². The first kappa shape index (κ1) is 15.4. The lowest BCUT2D eigenvalue weighted by atomic mass is 9.94. The zero-order chi connectivity index (χ0) is 17.2. The highest BCUT2D eigenvalue weighted by atomic mass is 16.2. The number of carbonyl (C=O) groups is 1. The van der Waals surface area contributed by atoms with Gasteiger partial charge in [0.25, 0.3) is 11.5 Å². The van der Waals surface area contributed by atoms with Crippen molar-refractivity contribution >= 4 is 16.7 Å². The van der Waals surface area contributed by atoms with E-state index in [-0.39, 0.29) is 23.1 Å². The fraction of sp³-hybridized carbons (Fsp3) is 0.278. The summed E-state index contributed by atoms with van der Waals surface area (Å²) in [6, 6.07) is 7.04. The number of amides is 1. The van der Waals surface area contributed by atoms with Crippen molar-refractivity contribution in [1.82, 2.24) is 25.1 Å². The van der Waals surface area contributed by atoms with Gasteiger partial charge in [-0.05, 0) is 18.9 Å². The molecule has 0 unspecified atom stereocenters. The molecule has 4 rings (SSSR count). The quantitative estimate of drug-likeness (QED) is 0.770. The molecule has 0 radical (unpaired) electrons. The smallest absolute Gasteiger partial charge is 0.274 e. The second-order valence-corrected chi connectivity index (χ2v) is 6.17. The number of aromatic nitrogens is 4. The summed E-state index contributed by atoms with van der Waals surface area (Å²) in [5.74, 6) is 0.00136. The van der Waals surface area contributed by atoms with Gasteiger partial charge in [0.2, 0.25) is 0 Å². The van der Waals surface area contributed by atoms with E-state index in [1.54, 1.807) is 47.8 Å². The number of carbonyl (C=O) groups excluding carboxylic acids is 1. The Labute approximate surface area is 143 Å². The number of piperidine rings is 1. The third-order valence-corrected chi connectivity index (χ3v) is 4.61. The van der Waals surface area contributed by atoms with Crippen molar-refractivity contribution in [3.63, 3.8) is 0 Å². The van der Waals surface area contributed by atoms with E-state index in [2.05, 4.69) is 20.2 Å². The standard InChI is InChI=1S/C18H17N5O2/c24-17-14-6-2-1-5-13(14)16(21-22-17)18(25)23-9-3-4-12(11-23)15-10-19-7-8-20-15/h1-2,5-8,10,12H,3-4,9,11H2,(H,22,24)/t12-/m1/s1. The van der Waals surface area contributed by atoms with Crippen LogP contribution in [0, 0.1) is 0 Å². The van der Waals surface area contributed by atoms with Gasteiger partial charge in [0, 0.05) is 43.0 Å². The number of H-pyrrole nitrogens is 1. The molecule has 126 valence electrons. The van der Waals surface area contributed by atoms with Gasteiger partial charge >= 0.3 is 0 Å². The van der Waals surface area contributed by atoms with Crippen molar-refractivity contribution in [2.24, 2.45) is 0 Å². The van der Waals surface area contributed by atoms with Gasteiger partial charge in [-0.1, -0.05) is 18.2 Å². The first-order valence-electron chi connectivity index (χ1n) is 8.26. The highest BCUT2D eigenvalue weighted by Gasteiger charge is 2.28. The molecular formula is C18H17N5O2. The molecule has 1 aliphatic rings. The van der Waals surface area contributed by atoms with Gasteiger partial charge in [-0.2, -0.15) is 5.10 Å². The Bertz CT molecular complexity index is 970. The Morgan fingerprint density at radius 2 is 2.04 bits per heavy atom. The number of likely N-dealkylation sites (tertiary alicyclic amines) is 1. The van der Waals surface area contributed by atoms with Crippen LogP contribution in [0.3, 0.4) is 0 Å². The SMILES string of the molecule is O=C(c1n[nH]c(=O)c2ccccc12)N1CCC[C@@H](c2cnccn2)C1. The Hall–Kier alpha value is -3.09. The maximum absolute atomic E-state index is 13.0. The zero-order valence-corrected chi connectivity index (χ0v) is 13.6. The molecule has 1 atom stereocenters. The molecule has 0 saturated carbocycles. The van der Waals surface area contributed by atoms with Crippen LogP contribution in [0.15, 0.2) is 47.7 Å². The predicted molar refractivity (Wildman–Crippen MR) is 92.3 cm³/mol. The largest absolute Gasteiger partial charge is 0.337 e. The van der Waals surface area contributed by atoms with Crippen LogP contribution in [-0.2, 0) is 0 Å². The van der Waals surface area contributed by atoms with Gasteiger partial charge < -0.3 is 4.90 Å². The predicted octanol–water partition coefficient (Wildman–Crippen LogP) is 1.73. The average Bonchev–Trinajstić information content (AvgIpc) is 2.69. The molecule has 1 aromatic carbocycles. The monoisotopic (exact) mass is 335 g/mol. The van der Waals surface area contributed by atoms with Gasteiger partial charge in [-0.15, -0.1) is 0 Å². The number of rotatable bonds is 2. The maximum atomic E-state index is 13.0. The van der Waals surface area contributed by atoms with Gasteiger partial charge in [0.15, 0.2) is 5.69 Å². The highest BCUT2D eigenvalue weighted by molar-refractivity contribution is 6.04. The lowest BCUT2D eigenvalue weighted by molar-refractivity contribution is 0.0701. The van der Waals surface area contributed by atoms with E-state index in [1.807, 2.05) is 0 Å². The molecule has 0 aliphatic carbocycles. The van der Waals surface area contributed by atoms with Crippen LogP contribution in [0.2, 0.25) is 0 Å². The Kier molecular flexibility index (Phi) is 3.97. The molecule has 0 spiro atoms. The molecular weight excluding hydrogens is 318 g/mol. The second-order valence-electron chi connectivity index (χ2n) is 6.17. The molecule has 0 bridgehead atoms. The number of nitrogens with one attached hydrogen (secondary N) is 1. The normalized spacial score (nSPS) is 17.6. The Morgan fingerprint density at radius 3 is 2.84 bits per heavy atom. The molecule has 1 N–H and O–H groups in total. The molecule has 1 amide bonds. The Balaban J connectivity index is 1.65. The van der Waals surface area contributed by atoms with Gasteiger partial charge in [0.05, 0.1) is 11.1 Å². The molecule has 1 saturated heterocycles. The Morgan fingerprint density at radius 1 is 1.20 bits per heavy atom. The summed E-state index contributed by atoms with van der Waals surface area (Å²) in [6.45, 7) is 1.25. The fourth-order valence-corrected chi connectivity index (χ4v) is 3.35. The lowest BCUT2D eigenvalue weighted by Gasteiger charge is -2.32. The van der Waals surface area contributed by atoms with Crippen LogP contribution in [0.4, 0.5) is 0 Å². The minimum absolute atomic E-state index is 0.166. The van der Waals surface area contributed by atoms with Crippen LogP contribution < -0.4 is 5.56 Å². The number of fused-ring (bicyclic) bond motifs is 1. The average molecular weight is 335 g/mol. The van der Waals surface area contributed by atoms with E-state index in [9.17, 15) is 9.59 Å². The second kappa shape index (κ2) is 6.43. The third kappa shape index (κ3) is 2.88. The maximum Gasteiger partial charge on any atom is 0.274 e. The van der Waals surface area contributed by atoms with Crippen LogP contribution in [0.1, 0.15) is 34.9 Å². The lowest BCUT2D eigenvalue weighted by Crippen LogP contribution is -2.40.